The molecule has 0 aliphatic carbocycles. The Labute approximate surface area is 172 Å². The van der Waals surface area contributed by atoms with Gasteiger partial charge in [-0.15, -0.1) is 0 Å². The van der Waals surface area contributed by atoms with Crippen molar-refractivity contribution in [1.82, 2.24) is 14.9 Å². The van der Waals surface area contributed by atoms with Crippen molar-refractivity contribution < 1.29 is 4.79 Å². The van der Waals surface area contributed by atoms with Crippen molar-refractivity contribution in [3.05, 3.63) is 47.4 Å². The number of nitrogens with one attached hydrogen (secondary N) is 1. The average molecular weight is 393 g/mol. The number of benzene rings is 1. The fourth-order valence-corrected chi connectivity index (χ4v) is 3.37. The van der Waals surface area contributed by atoms with Gasteiger partial charge in [-0.05, 0) is 38.1 Å². The number of hydrogen-bond acceptors (Lipinski definition) is 6. The summed E-state index contributed by atoms with van der Waals surface area (Å²) in [4.78, 5) is 26.3. The zero-order valence-corrected chi connectivity index (χ0v) is 17.5. The van der Waals surface area contributed by atoms with Gasteiger partial charge in [-0.25, -0.2) is 9.97 Å². The van der Waals surface area contributed by atoms with Crippen molar-refractivity contribution in [1.29, 1.82) is 5.26 Å². The molecule has 1 fully saturated rings. The molecule has 0 radical (unpaired) electrons. The molecule has 0 spiro atoms. The molecular formula is C22H28N6O. The minimum absolute atomic E-state index is 0.0388. The van der Waals surface area contributed by atoms with Gasteiger partial charge in [0.1, 0.15) is 11.6 Å². The molecule has 1 aliphatic heterocycles. The van der Waals surface area contributed by atoms with E-state index in [4.69, 9.17) is 10.2 Å². The number of aromatic nitrogens is 2. The van der Waals surface area contributed by atoms with Crippen molar-refractivity contribution >= 4 is 17.4 Å². The molecule has 1 N–H and O–H groups in total. The van der Waals surface area contributed by atoms with E-state index in [0.29, 0.717) is 17.2 Å². The molecule has 7 nitrogen and oxygen atoms in total. The fourth-order valence-electron chi connectivity index (χ4n) is 3.37. The number of nitriles is 1. The van der Waals surface area contributed by atoms with Gasteiger partial charge in [0, 0.05) is 49.5 Å². The molecule has 1 saturated heterocycles. The topological polar surface area (TPSA) is 85.1 Å². The van der Waals surface area contributed by atoms with Gasteiger partial charge in [0.2, 0.25) is 5.91 Å². The van der Waals surface area contributed by atoms with Crippen molar-refractivity contribution in [2.24, 2.45) is 0 Å². The molecule has 152 valence electrons. The summed E-state index contributed by atoms with van der Waals surface area (Å²) in [5.74, 6) is 2.09. The molecule has 0 unspecified atom stereocenters. The van der Waals surface area contributed by atoms with E-state index in [2.05, 4.69) is 40.0 Å². The highest BCUT2D eigenvalue weighted by atomic mass is 16.2. The lowest BCUT2D eigenvalue weighted by molar-refractivity contribution is -0.120. The van der Waals surface area contributed by atoms with E-state index >= 15 is 0 Å². The zero-order chi connectivity index (χ0) is 21.0. The Morgan fingerprint density at radius 2 is 1.76 bits per heavy atom. The van der Waals surface area contributed by atoms with E-state index in [1.165, 1.54) is 0 Å². The Morgan fingerprint density at radius 3 is 2.34 bits per heavy atom. The van der Waals surface area contributed by atoms with Crippen LogP contribution in [0.25, 0.3) is 0 Å². The molecule has 1 aromatic carbocycles. The first-order valence-corrected chi connectivity index (χ1v) is 10.0. The van der Waals surface area contributed by atoms with Gasteiger partial charge in [0.05, 0.1) is 17.7 Å². The third-order valence-electron chi connectivity index (χ3n) is 5.22. The number of aryl methyl sites for hydroxylation is 1. The maximum atomic E-state index is 12.6. The van der Waals surface area contributed by atoms with Gasteiger partial charge in [-0.3, -0.25) is 9.69 Å². The molecule has 3 rings (SSSR count). The average Bonchev–Trinajstić information content (AvgIpc) is 2.73. The maximum absolute atomic E-state index is 12.6. The van der Waals surface area contributed by atoms with Crippen LogP contribution < -0.4 is 10.2 Å². The van der Waals surface area contributed by atoms with Gasteiger partial charge in [0.25, 0.3) is 0 Å². The number of carbonyl (C=O) groups excluding carboxylic acids is 1. The van der Waals surface area contributed by atoms with Gasteiger partial charge >= 0.3 is 0 Å². The lowest BCUT2D eigenvalue weighted by Crippen LogP contribution is -2.53. The zero-order valence-electron chi connectivity index (χ0n) is 17.5. The molecule has 0 bridgehead atoms. The highest BCUT2D eigenvalue weighted by molar-refractivity contribution is 5.94. The lowest BCUT2D eigenvalue weighted by atomic mass is 10.2. The summed E-state index contributed by atoms with van der Waals surface area (Å²) in [5, 5.41) is 11.8. The first kappa shape index (κ1) is 20.7. The van der Waals surface area contributed by atoms with Crippen LogP contribution >= 0.6 is 0 Å². The highest BCUT2D eigenvalue weighted by Gasteiger charge is 2.26. The quantitative estimate of drug-likeness (QED) is 0.842. The van der Waals surface area contributed by atoms with E-state index in [9.17, 15) is 4.79 Å². The molecule has 1 aromatic heterocycles. The summed E-state index contributed by atoms with van der Waals surface area (Å²) in [5.41, 5.74) is 2.27. The number of amides is 1. The van der Waals surface area contributed by atoms with Crippen LogP contribution in [-0.4, -0.2) is 53.0 Å². The minimum atomic E-state index is -0.230. The van der Waals surface area contributed by atoms with Crippen LogP contribution in [0.1, 0.15) is 43.8 Å². The van der Waals surface area contributed by atoms with E-state index < -0.39 is 0 Å². The molecular weight excluding hydrogens is 364 g/mol. The van der Waals surface area contributed by atoms with E-state index in [0.717, 1.165) is 43.5 Å². The third kappa shape index (κ3) is 5.09. The van der Waals surface area contributed by atoms with Crippen LogP contribution in [0.2, 0.25) is 0 Å². The number of anilines is 2. The third-order valence-corrected chi connectivity index (χ3v) is 5.22. The standard InChI is InChI=1S/C22H28N6O/c1-15(2)21-24-16(3)13-20(26-21)28-11-9-27(10-12-28)17(4)22(29)25-19-7-5-18(14-23)6-8-19/h5-8,13,15,17H,9-12H2,1-4H3,(H,25,29)/t17-/m0/s1. The summed E-state index contributed by atoms with van der Waals surface area (Å²) >= 11 is 0. The number of hydrogen-bond donors (Lipinski definition) is 1. The van der Waals surface area contributed by atoms with Crippen molar-refractivity contribution in [3.8, 4) is 6.07 Å². The molecule has 1 amide bonds. The summed E-state index contributed by atoms with van der Waals surface area (Å²) in [6, 6.07) is 10.8. The predicted molar refractivity (Wildman–Crippen MR) is 114 cm³/mol. The lowest BCUT2D eigenvalue weighted by Gasteiger charge is -2.38. The van der Waals surface area contributed by atoms with Crippen LogP contribution in [0, 0.1) is 18.3 Å². The number of nitrogens with zero attached hydrogens (tertiary/aromatic N) is 5. The Kier molecular flexibility index (Phi) is 6.45. The Hall–Kier alpha value is -2.98. The Morgan fingerprint density at radius 1 is 1.10 bits per heavy atom. The fraction of sp³-hybridized carbons (Fsp3) is 0.455. The molecule has 2 aromatic rings. The summed E-state index contributed by atoms with van der Waals surface area (Å²) in [7, 11) is 0. The summed E-state index contributed by atoms with van der Waals surface area (Å²) in [6.07, 6.45) is 0. The van der Waals surface area contributed by atoms with Gasteiger partial charge < -0.3 is 10.2 Å². The van der Waals surface area contributed by atoms with E-state index in [1.807, 2.05) is 19.9 Å². The molecule has 2 heterocycles. The number of piperazine rings is 1. The first-order valence-electron chi connectivity index (χ1n) is 10.0. The second kappa shape index (κ2) is 9.01. The van der Waals surface area contributed by atoms with Crippen molar-refractivity contribution in [3.63, 3.8) is 0 Å². The van der Waals surface area contributed by atoms with Gasteiger partial charge in [-0.1, -0.05) is 13.8 Å². The largest absolute Gasteiger partial charge is 0.354 e. The molecule has 29 heavy (non-hydrogen) atoms. The van der Waals surface area contributed by atoms with Gasteiger partial charge in [0.15, 0.2) is 0 Å². The smallest absolute Gasteiger partial charge is 0.241 e. The minimum Gasteiger partial charge on any atom is -0.354 e. The molecule has 0 saturated carbocycles. The predicted octanol–water partition coefficient (Wildman–Crippen LogP) is 2.93. The van der Waals surface area contributed by atoms with E-state index in [-0.39, 0.29) is 11.9 Å². The second-order valence-corrected chi connectivity index (χ2v) is 7.76. The SMILES string of the molecule is Cc1cc(N2CCN([C@@H](C)C(=O)Nc3ccc(C#N)cc3)CC2)nc(C(C)C)n1. The number of rotatable bonds is 5. The monoisotopic (exact) mass is 392 g/mol. The first-order chi connectivity index (χ1) is 13.9. The Bertz CT molecular complexity index is 895. The van der Waals surface area contributed by atoms with Crippen LogP contribution in [0.4, 0.5) is 11.5 Å². The summed E-state index contributed by atoms with van der Waals surface area (Å²) < 4.78 is 0. The highest BCUT2D eigenvalue weighted by Crippen LogP contribution is 2.19. The van der Waals surface area contributed by atoms with Crippen LogP contribution in [0.15, 0.2) is 30.3 Å². The van der Waals surface area contributed by atoms with Gasteiger partial charge in [-0.2, -0.15) is 5.26 Å². The van der Waals surface area contributed by atoms with Crippen molar-refractivity contribution in [2.45, 2.75) is 39.7 Å². The Balaban J connectivity index is 1.58. The molecule has 1 atom stereocenters. The number of carbonyl (C=O) groups is 1. The van der Waals surface area contributed by atoms with Crippen LogP contribution in [0.5, 0.6) is 0 Å². The normalized spacial score (nSPS) is 15.8. The summed E-state index contributed by atoms with van der Waals surface area (Å²) in [6.45, 7) is 11.4. The second-order valence-electron chi connectivity index (χ2n) is 7.76. The molecule has 1 aliphatic rings. The van der Waals surface area contributed by atoms with Crippen LogP contribution in [0.3, 0.4) is 0 Å². The van der Waals surface area contributed by atoms with Crippen molar-refractivity contribution in [2.75, 3.05) is 36.4 Å². The van der Waals surface area contributed by atoms with Crippen LogP contribution in [-0.2, 0) is 4.79 Å². The molecule has 7 heteroatoms. The maximum Gasteiger partial charge on any atom is 0.241 e. The van der Waals surface area contributed by atoms with E-state index in [1.54, 1.807) is 24.3 Å².